The Hall–Kier alpha value is -1.52. The molecule has 25 heavy (non-hydrogen) atoms. The predicted molar refractivity (Wildman–Crippen MR) is 97.6 cm³/mol. The Labute approximate surface area is 150 Å². The van der Waals surface area contributed by atoms with Crippen molar-refractivity contribution in [1.82, 2.24) is 15.1 Å². The van der Waals surface area contributed by atoms with E-state index >= 15 is 0 Å². The lowest BCUT2D eigenvalue weighted by Gasteiger charge is -2.56. The maximum atomic E-state index is 13.2. The molecule has 5 fully saturated rings. The summed E-state index contributed by atoms with van der Waals surface area (Å²) in [4.78, 5) is 15.6. The van der Waals surface area contributed by atoms with Crippen LogP contribution in [0.4, 0.5) is 5.82 Å². The molecule has 0 radical (unpaired) electrons. The fourth-order valence-corrected chi connectivity index (χ4v) is 6.64. The summed E-state index contributed by atoms with van der Waals surface area (Å²) in [5.74, 6) is 3.67. The van der Waals surface area contributed by atoms with Gasteiger partial charge in [-0.05, 0) is 75.5 Å². The Morgan fingerprint density at radius 1 is 1.08 bits per heavy atom. The van der Waals surface area contributed by atoms with Gasteiger partial charge < -0.3 is 10.2 Å². The molecule has 0 unspecified atom stereocenters. The molecule has 1 aromatic heterocycles. The number of rotatable bonds is 3. The molecule has 1 aliphatic heterocycles. The SMILES string of the molecule is Cn1ncc(C(=O)NC23CC4CC(CC(C4)C2)C3)c1N1CCCCC1. The van der Waals surface area contributed by atoms with Crippen molar-refractivity contribution in [3.63, 3.8) is 0 Å². The maximum absolute atomic E-state index is 13.2. The second-order valence-corrected chi connectivity index (χ2v) is 9.21. The number of hydrogen-bond donors (Lipinski definition) is 1. The highest BCUT2D eigenvalue weighted by molar-refractivity contribution is 5.99. The molecular formula is C20H30N4O. The zero-order valence-electron chi connectivity index (χ0n) is 15.3. The van der Waals surface area contributed by atoms with Gasteiger partial charge in [0.25, 0.3) is 5.91 Å². The predicted octanol–water partition coefficient (Wildman–Crippen LogP) is 3.11. The molecule has 136 valence electrons. The van der Waals surface area contributed by atoms with Crippen LogP contribution in [0.2, 0.25) is 0 Å². The van der Waals surface area contributed by atoms with Crippen LogP contribution < -0.4 is 10.2 Å². The van der Waals surface area contributed by atoms with Gasteiger partial charge in [0.05, 0.1) is 6.20 Å². The number of nitrogens with one attached hydrogen (secondary N) is 1. The number of aromatic nitrogens is 2. The minimum absolute atomic E-state index is 0.0703. The number of amides is 1. The highest BCUT2D eigenvalue weighted by Gasteiger charge is 2.51. The maximum Gasteiger partial charge on any atom is 0.257 e. The lowest BCUT2D eigenvalue weighted by atomic mass is 9.53. The second kappa shape index (κ2) is 5.75. The number of nitrogens with zero attached hydrogens (tertiary/aromatic N) is 3. The van der Waals surface area contributed by atoms with Crippen molar-refractivity contribution >= 4 is 11.7 Å². The van der Waals surface area contributed by atoms with Gasteiger partial charge in [-0.2, -0.15) is 5.10 Å². The van der Waals surface area contributed by atoms with Crippen LogP contribution in [0.3, 0.4) is 0 Å². The lowest BCUT2D eigenvalue weighted by Crippen LogP contribution is -2.59. The van der Waals surface area contributed by atoms with Crippen molar-refractivity contribution in [2.45, 2.75) is 63.3 Å². The Morgan fingerprint density at radius 3 is 2.28 bits per heavy atom. The van der Waals surface area contributed by atoms with Crippen LogP contribution in [-0.2, 0) is 7.05 Å². The molecule has 5 nitrogen and oxygen atoms in total. The zero-order valence-corrected chi connectivity index (χ0v) is 15.3. The van der Waals surface area contributed by atoms with Crippen LogP contribution >= 0.6 is 0 Å². The monoisotopic (exact) mass is 342 g/mol. The van der Waals surface area contributed by atoms with E-state index in [1.807, 2.05) is 11.7 Å². The summed E-state index contributed by atoms with van der Waals surface area (Å²) in [6.07, 6.45) is 13.3. The Kier molecular flexibility index (Phi) is 3.61. The molecule has 2 heterocycles. The minimum atomic E-state index is 0.0703. The van der Waals surface area contributed by atoms with E-state index in [0.29, 0.717) is 0 Å². The van der Waals surface area contributed by atoms with E-state index in [9.17, 15) is 4.79 Å². The van der Waals surface area contributed by atoms with Crippen LogP contribution in [0.25, 0.3) is 0 Å². The van der Waals surface area contributed by atoms with Gasteiger partial charge >= 0.3 is 0 Å². The van der Waals surface area contributed by atoms with Gasteiger partial charge in [-0.3, -0.25) is 9.48 Å². The molecule has 0 atom stereocenters. The molecule has 5 aliphatic rings. The van der Waals surface area contributed by atoms with Crippen LogP contribution in [0.15, 0.2) is 6.20 Å². The molecule has 5 heteroatoms. The lowest BCUT2D eigenvalue weighted by molar-refractivity contribution is -0.0166. The Balaban J connectivity index is 1.38. The molecule has 6 rings (SSSR count). The van der Waals surface area contributed by atoms with Crippen molar-refractivity contribution < 1.29 is 4.79 Å². The molecule has 0 aromatic carbocycles. The molecule has 1 amide bonds. The molecule has 1 aromatic rings. The van der Waals surface area contributed by atoms with E-state index in [-0.39, 0.29) is 11.4 Å². The molecule has 4 saturated carbocycles. The van der Waals surface area contributed by atoms with E-state index in [0.717, 1.165) is 42.2 Å². The normalized spacial score (nSPS) is 36.7. The summed E-state index contributed by atoms with van der Waals surface area (Å²) in [6.45, 7) is 2.08. The first kappa shape index (κ1) is 15.7. The highest BCUT2D eigenvalue weighted by Crippen LogP contribution is 2.55. The molecular weight excluding hydrogens is 312 g/mol. The highest BCUT2D eigenvalue weighted by atomic mass is 16.1. The van der Waals surface area contributed by atoms with Crippen molar-refractivity contribution in [3.8, 4) is 0 Å². The fraction of sp³-hybridized carbons (Fsp3) is 0.800. The molecule has 1 N–H and O–H groups in total. The third kappa shape index (κ3) is 2.67. The van der Waals surface area contributed by atoms with Gasteiger partial charge in [-0.15, -0.1) is 0 Å². The van der Waals surface area contributed by atoms with Crippen molar-refractivity contribution in [1.29, 1.82) is 0 Å². The van der Waals surface area contributed by atoms with E-state index in [2.05, 4.69) is 15.3 Å². The van der Waals surface area contributed by atoms with Crippen LogP contribution in [0, 0.1) is 17.8 Å². The second-order valence-electron chi connectivity index (χ2n) is 9.21. The van der Waals surface area contributed by atoms with Crippen LogP contribution in [-0.4, -0.2) is 34.3 Å². The fourth-order valence-electron chi connectivity index (χ4n) is 6.64. The first-order chi connectivity index (χ1) is 12.1. The largest absolute Gasteiger partial charge is 0.356 e. The number of aryl methyl sites for hydroxylation is 1. The van der Waals surface area contributed by atoms with E-state index in [4.69, 9.17) is 0 Å². The number of piperidine rings is 1. The van der Waals surface area contributed by atoms with E-state index in [1.165, 1.54) is 57.8 Å². The Morgan fingerprint density at radius 2 is 1.68 bits per heavy atom. The molecule has 0 spiro atoms. The standard InChI is InChI=1S/C20H30N4O/c1-23-19(24-5-3-2-4-6-24)17(13-21-23)18(25)22-20-10-14-7-15(11-20)9-16(8-14)12-20/h13-16H,2-12H2,1H3,(H,22,25). The molecule has 4 bridgehead atoms. The average molecular weight is 342 g/mol. The summed E-state index contributed by atoms with van der Waals surface area (Å²) in [5, 5.41) is 7.94. The van der Waals surface area contributed by atoms with Crippen molar-refractivity contribution in [2.75, 3.05) is 18.0 Å². The van der Waals surface area contributed by atoms with Gasteiger partial charge in [-0.25, -0.2) is 0 Å². The summed E-state index contributed by atoms with van der Waals surface area (Å²) in [6, 6.07) is 0. The third-order valence-corrected chi connectivity index (χ3v) is 7.22. The van der Waals surface area contributed by atoms with Crippen LogP contribution in [0.5, 0.6) is 0 Å². The van der Waals surface area contributed by atoms with Crippen LogP contribution in [0.1, 0.15) is 68.1 Å². The zero-order chi connectivity index (χ0) is 17.0. The summed E-state index contributed by atoms with van der Waals surface area (Å²) in [7, 11) is 1.96. The van der Waals surface area contributed by atoms with E-state index in [1.54, 1.807) is 6.20 Å². The number of carbonyl (C=O) groups excluding carboxylic acids is 1. The Bertz CT molecular complexity index is 638. The van der Waals surface area contributed by atoms with Gasteiger partial charge in [0.2, 0.25) is 0 Å². The van der Waals surface area contributed by atoms with Crippen molar-refractivity contribution in [2.24, 2.45) is 24.8 Å². The van der Waals surface area contributed by atoms with Crippen molar-refractivity contribution in [3.05, 3.63) is 11.8 Å². The number of carbonyl (C=O) groups is 1. The topological polar surface area (TPSA) is 50.2 Å². The first-order valence-corrected chi connectivity index (χ1v) is 10.2. The first-order valence-electron chi connectivity index (χ1n) is 10.2. The average Bonchev–Trinajstić information content (AvgIpc) is 2.96. The van der Waals surface area contributed by atoms with Gasteiger partial charge in [0.15, 0.2) is 0 Å². The van der Waals surface area contributed by atoms with Gasteiger partial charge in [0, 0.05) is 25.7 Å². The molecule has 4 aliphatic carbocycles. The summed E-state index contributed by atoms with van der Waals surface area (Å²) >= 11 is 0. The third-order valence-electron chi connectivity index (χ3n) is 7.22. The minimum Gasteiger partial charge on any atom is -0.356 e. The molecule has 1 saturated heterocycles. The summed E-state index contributed by atoms with van der Waals surface area (Å²) in [5.41, 5.74) is 0.848. The van der Waals surface area contributed by atoms with Gasteiger partial charge in [-0.1, -0.05) is 0 Å². The quantitative estimate of drug-likeness (QED) is 0.918. The number of anilines is 1. The van der Waals surface area contributed by atoms with Gasteiger partial charge in [0.1, 0.15) is 11.4 Å². The summed E-state index contributed by atoms with van der Waals surface area (Å²) < 4.78 is 1.89. The smallest absolute Gasteiger partial charge is 0.257 e. The van der Waals surface area contributed by atoms with E-state index < -0.39 is 0 Å². The number of hydrogen-bond acceptors (Lipinski definition) is 3.